The van der Waals surface area contributed by atoms with Gasteiger partial charge in [-0.15, -0.1) is 5.10 Å². The van der Waals surface area contributed by atoms with Crippen LogP contribution < -0.4 is 0 Å². The first-order valence-electron chi connectivity index (χ1n) is 8.96. The number of aryl methyl sites for hydroxylation is 1. The first-order valence-corrected chi connectivity index (χ1v) is 8.96. The van der Waals surface area contributed by atoms with Crippen molar-refractivity contribution in [2.45, 2.75) is 51.7 Å². The van der Waals surface area contributed by atoms with Gasteiger partial charge < -0.3 is 4.74 Å². The third kappa shape index (κ3) is 2.40. The van der Waals surface area contributed by atoms with E-state index in [9.17, 15) is 9.59 Å². The molecule has 26 heavy (non-hydrogen) atoms. The number of carbonyl (C=O) groups excluding carboxylic acids is 2. The summed E-state index contributed by atoms with van der Waals surface area (Å²) in [5, 5.41) is 8.47. The van der Waals surface area contributed by atoms with E-state index in [1.165, 1.54) is 0 Å². The SMILES string of the molecule is CCCCc1cn(C2C3=C(OC2(C)C)c2ccccc2C(=O)C3=O)nn1. The average molecular weight is 351 g/mol. The maximum atomic E-state index is 12.9. The zero-order valence-electron chi connectivity index (χ0n) is 15.2. The number of carbonyl (C=O) groups is 2. The molecule has 0 saturated carbocycles. The summed E-state index contributed by atoms with van der Waals surface area (Å²) < 4.78 is 7.85. The Labute approximate surface area is 151 Å². The van der Waals surface area contributed by atoms with E-state index in [0.29, 0.717) is 22.5 Å². The van der Waals surface area contributed by atoms with E-state index in [-0.39, 0.29) is 0 Å². The number of rotatable bonds is 4. The zero-order chi connectivity index (χ0) is 18.5. The van der Waals surface area contributed by atoms with Gasteiger partial charge in [-0.2, -0.15) is 0 Å². The normalized spacial score (nSPS) is 20.8. The fraction of sp³-hybridized carbons (Fsp3) is 0.400. The molecule has 1 aliphatic heterocycles. The van der Waals surface area contributed by atoms with E-state index in [2.05, 4.69) is 17.2 Å². The molecule has 2 aliphatic rings. The molecule has 2 aromatic rings. The molecule has 6 heteroatoms. The van der Waals surface area contributed by atoms with Crippen LogP contribution in [-0.4, -0.2) is 32.2 Å². The summed E-state index contributed by atoms with van der Waals surface area (Å²) in [6.07, 6.45) is 4.80. The molecule has 0 saturated heterocycles. The molecule has 0 N–H and O–H groups in total. The Balaban J connectivity index is 1.83. The van der Waals surface area contributed by atoms with Crippen molar-refractivity contribution < 1.29 is 14.3 Å². The van der Waals surface area contributed by atoms with Crippen molar-refractivity contribution in [1.29, 1.82) is 0 Å². The number of ether oxygens (including phenoxy) is 1. The van der Waals surface area contributed by atoms with Crippen LogP contribution in [0.25, 0.3) is 5.76 Å². The van der Waals surface area contributed by atoms with Gasteiger partial charge in [-0.1, -0.05) is 42.8 Å². The number of benzene rings is 1. The van der Waals surface area contributed by atoms with Gasteiger partial charge in [-0.3, -0.25) is 9.59 Å². The molecule has 1 unspecified atom stereocenters. The van der Waals surface area contributed by atoms with E-state index >= 15 is 0 Å². The number of fused-ring (bicyclic) bond motifs is 2. The van der Waals surface area contributed by atoms with Gasteiger partial charge >= 0.3 is 0 Å². The molecule has 1 aromatic heterocycles. The average Bonchev–Trinajstić information content (AvgIpc) is 3.19. The second kappa shape index (κ2) is 5.90. The van der Waals surface area contributed by atoms with Crippen LogP contribution in [0, 0.1) is 0 Å². The van der Waals surface area contributed by atoms with E-state index in [0.717, 1.165) is 25.0 Å². The molecule has 4 rings (SSSR count). The Morgan fingerprint density at radius 2 is 1.88 bits per heavy atom. The van der Waals surface area contributed by atoms with Crippen LogP contribution in [0.5, 0.6) is 0 Å². The summed E-state index contributed by atoms with van der Waals surface area (Å²) in [4.78, 5) is 25.5. The molecular formula is C20H21N3O3. The van der Waals surface area contributed by atoms with E-state index in [4.69, 9.17) is 4.74 Å². The van der Waals surface area contributed by atoms with Crippen molar-refractivity contribution in [2.75, 3.05) is 0 Å². The van der Waals surface area contributed by atoms with Crippen LogP contribution in [0.2, 0.25) is 0 Å². The van der Waals surface area contributed by atoms with Crippen LogP contribution >= 0.6 is 0 Å². The van der Waals surface area contributed by atoms with Crippen LogP contribution in [0.3, 0.4) is 0 Å². The smallest absolute Gasteiger partial charge is 0.235 e. The Hall–Kier alpha value is -2.76. The van der Waals surface area contributed by atoms with Crippen molar-refractivity contribution in [2.24, 2.45) is 0 Å². The quantitative estimate of drug-likeness (QED) is 0.791. The zero-order valence-corrected chi connectivity index (χ0v) is 15.2. The highest BCUT2D eigenvalue weighted by Gasteiger charge is 2.52. The van der Waals surface area contributed by atoms with Crippen molar-refractivity contribution in [1.82, 2.24) is 15.0 Å². The lowest BCUT2D eigenvalue weighted by Crippen LogP contribution is -2.35. The van der Waals surface area contributed by atoms with E-state index < -0.39 is 23.2 Å². The summed E-state index contributed by atoms with van der Waals surface area (Å²) in [7, 11) is 0. The third-order valence-electron chi connectivity index (χ3n) is 5.02. The van der Waals surface area contributed by atoms with Crippen LogP contribution in [0.1, 0.15) is 61.3 Å². The molecule has 0 amide bonds. The van der Waals surface area contributed by atoms with E-state index in [1.807, 2.05) is 32.2 Å². The summed E-state index contributed by atoms with van der Waals surface area (Å²) in [6.45, 7) is 5.94. The van der Waals surface area contributed by atoms with Crippen LogP contribution in [0.15, 0.2) is 36.0 Å². The Morgan fingerprint density at radius 1 is 1.15 bits per heavy atom. The topological polar surface area (TPSA) is 74.1 Å². The van der Waals surface area contributed by atoms with Crippen molar-refractivity contribution in [3.05, 3.63) is 52.9 Å². The predicted octanol–water partition coefficient (Wildman–Crippen LogP) is 3.15. The Kier molecular flexibility index (Phi) is 3.79. The van der Waals surface area contributed by atoms with Gasteiger partial charge in [0.1, 0.15) is 17.4 Å². The number of aromatic nitrogens is 3. The van der Waals surface area contributed by atoms with Gasteiger partial charge in [-0.25, -0.2) is 4.68 Å². The third-order valence-corrected chi connectivity index (χ3v) is 5.02. The monoisotopic (exact) mass is 351 g/mol. The molecule has 1 aromatic carbocycles. The molecule has 0 bridgehead atoms. The minimum atomic E-state index is -0.714. The fourth-order valence-corrected chi connectivity index (χ4v) is 3.76. The van der Waals surface area contributed by atoms with Gasteiger partial charge in [0.15, 0.2) is 0 Å². The molecule has 6 nitrogen and oxygen atoms in total. The summed E-state index contributed by atoms with van der Waals surface area (Å²) in [6, 6.07) is 6.60. The molecule has 134 valence electrons. The Bertz CT molecular complexity index is 939. The van der Waals surface area contributed by atoms with Gasteiger partial charge in [0.25, 0.3) is 0 Å². The van der Waals surface area contributed by atoms with Gasteiger partial charge in [-0.05, 0) is 26.7 Å². The number of ketones is 2. The van der Waals surface area contributed by atoms with Crippen LogP contribution in [0.4, 0.5) is 0 Å². The van der Waals surface area contributed by atoms with E-state index in [1.54, 1.807) is 16.8 Å². The standard InChI is InChI=1S/C20H21N3O3/c1-4-5-8-12-11-23(22-21-12)19-15-17(25)16(24)13-9-6-7-10-14(13)18(15)26-20(19,2)3/h6-7,9-11,19H,4-5,8H2,1-3H3. The Morgan fingerprint density at radius 3 is 2.62 bits per heavy atom. The van der Waals surface area contributed by atoms with Gasteiger partial charge in [0.05, 0.1) is 11.3 Å². The fourth-order valence-electron chi connectivity index (χ4n) is 3.76. The molecular weight excluding hydrogens is 330 g/mol. The number of nitrogens with zero attached hydrogens (tertiary/aromatic N) is 3. The minimum absolute atomic E-state index is 0.380. The highest BCUT2D eigenvalue weighted by atomic mass is 16.5. The highest BCUT2D eigenvalue weighted by Crippen LogP contribution is 2.49. The maximum absolute atomic E-state index is 12.9. The summed E-state index contributed by atoms with van der Waals surface area (Å²) >= 11 is 0. The molecule has 0 fully saturated rings. The predicted molar refractivity (Wildman–Crippen MR) is 95.5 cm³/mol. The second-order valence-electron chi connectivity index (χ2n) is 7.35. The van der Waals surface area contributed by atoms with Crippen molar-refractivity contribution in [3.63, 3.8) is 0 Å². The lowest BCUT2D eigenvalue weighted by molar-refractivity contribution is -0.112. The van der Waals surface area contributed by atoms with Gasteiger partial charge in [0, 0.05) is 17.3 Å². The van der Waals surface area contributed by atoms with Gasteiger partial charge in [0.2, 0.25) is 11.6 Å². The largest absolute Gasteiger partial charge is 0.484 e. The molecule has 1 aliphatic carbocycles. The lowest BCUT2D eigenvalue weighted by Gasteiger charge is -2.27. The highest BCUT2D eigenvalue weighted by molar-refractivity contribution is 6.52. The molecule has 0 spiro atoms. The molecule has 1 atom stereocenters. The number of unbranched alkanes of at least 4 members (excludes halogenated alkanes) is 1. The number of hydrogen-bond acceptors (Lipinski definition) is 5. The molecule has 2 heterocycles. The maximum Gasteiger partial charge on any atom is 0.235 e. The summed E-state index contributed by atoms with van der Waals surface area (Å²) in [5.74, 6) is -0.511. The first kappa shape index (κ1) is 16.7. The van der Waals surface area contributed by atoms with Crippen molar-refractivity contribution >= 4 is 17.3 Å². The number of Topliss-reactive ketones (excluding diaryl/α,β-unsaturated/α-hetero) is 2. The lowest BCUT2D eigenvalue weighted by atomic mass is 9.83. The van der Waals surface area contributed by atoms with Crippen molar-refractivity contribution in [3.8, 4) is 0 Å². The molecule has 0 radical (unpaired) electrons. The minimum Gasteiger partial charge on any atom is -0.484 e. The first-order chi connectivity index (χ1) is 12.4. The second-order valence-corrected chi connectivity index (χ2v) is 7.35. The summed E-state index contributed by atoms with van der Waals surface area (Å²) in [5.41, 5.74) is 1.62. The van der Waals surface area contributed by atoms with Crippen LogP contribution in [-0.2, 0) is 16.0 Å². The number of hydrogen-bond donors (Lipinski definition) is 0.